The van der Waals surface area contributed by atoms with Crippen LogP contribution in [0.2, 0.25) is 0 Å². The standard InChI is InChI=1S/C20H36N6O9S2.2CH4O/c21-12(7-27)8-36-10-16(30)24-4-3-23-15(29)2-1-14(28)18(32)19(33)26-6-5-25-17(31)11-37-9-13(22)20(34)35;2*1-2/h7,12-14,18,28,32H,1-6,8-11,21-22H2,(H,23,29)(H,24,30)(H,25,31)(H,26,33)(H,34,35);2*2H,1H3. The van der Waals surface area contributed by atoms with Gasteiger partial charge in [0.25, 0.3) is 5.91 Å². The summed E-state index contributed by atoms with van der Waals surface area (Å²) >= 11 is 2.25. The number of aldehydes is 1. The first-order valence-corrected chi connectivity index (χ1v) is 14.5. The SMILES string of the molecule is CO.CO.NC(C=O)CSCC(=O)NCCNC(=O)CCC(O)C(O)C(=O)NCCNC(=O)CSCC(N)C(=O)O. The van der Waals surface area contributed by atoms with E-state index >= 15 is 0 Å². The van der Waals surface area contributed by atoms with E-state index < -0.39 is 42.1 Å². The Morgan fingerprint density at radius 1 is 0.756 bits per heavy atom. The van der Waals surface area contributed by atoms with E-state index in [0.29, 0.717) is 12.0 Å². The molecule has 0 saturated carbocycles. The van der Waals surface area contributed by atoms with E-state index in [1.54, 1.807) is 0 Å². The second-order valence-electron chi connectivity index (χ2n) is 7.67. The third kappa shape index (κ3) is 26.1. The Kier molecular flexibility index (Phi) is 30.4. The highest BCUT2D eigenvalue weighted by Gasteiger charge is 2.24. The van der Waals surface area contributed by atoms with Crippen molar-refractivity contribution in [2.24, 2.45) is 11.5 Å². The second kappa shape index (κ2) is 29.0. The number of carbonyl (C=O) groups is 6. The number of thioether (sulfide) groups is 2. The lowest BCUT2D eigenvalue weighted by Crippen LogP contribution is -2.45. The second-order valence-corrected chi connectivity index (χ2v) is 9.73. The Bertz CT molecular complexity index is 768. The molecule has 0 heterocycles. The Morgan fingerprint density at radius 3 is 1.66 bits per heavy atom. The molecule has 41 heavy (non-hydrogen) atoms. The van der Waals surface area contributed by atoms with Gasteiger partial charge in [-0.3, -0.25) is 24.0 Å². The first-order chi connectivity index (χ1) is 19.5. The van der Waals surface area contributed by atoms with Crippen molar-refractivity contribution in [3.05, 3.63) is 0 Å². The molecule has 0 aliphatic heterocycles. The van der Waals surface area contributed by atoms with E-state index in [9.17, 15) is 39.0 Å². The fourth-order valence-corrected chi connectivity index (χ4v) is 3.93. The van der Waals surface area contributed by atoms with Crippen molar-refractivity contribution in [2.45, 2.75) is 37.1 Å². The fraction of sp³-hybridized carbons (Fsp3) is 0.727. The Hall–Kier alpha value is -2.52. The van der Waals surface area contributed by atoms with Crippen LogP contribution in [0.25, 0.3) is 0 Å². The minimum atomic E-state index is -1.78. The van der Waals surface area contributed by atoms with Crippen LogP contribution in [0, 0.1) is 0 Å². The predicted octanol–water partition coefficient (Wildman–Crippen LogP) is -5.43. The number of carboxylic acids is 1. The number of hydrogen-bond acceptors (Lipinski definition) is 14. The lowest BCUT2D eigenvalue weighted by molar-refractivity contribution is -0.138. The maximum absolute atomic E-state index is 11.9. The van der Waals surface area contributed by atoms with Crippen molar-refractivity contribution in [1.82, 2.24) is 21.3 Å². The van der Waals surface area contributed by atoms with Gasteiger partial charge in [-0.25, -0.2) is 0 Å². The summed E-state index contributed by atoms with van der Waals surface area (Å²) in [5, 5.41) is 52.4. The number of aliphatic carboxylic acids is 1. The minimum Gasteiger partial charge on any atom is -0.480 e. The number of rotatable bonds is 21. The van der Waals surface area contributed by atoms with E-state index in [4.69, 9.17) is 26.8 Å². The molecular weight excluding hydrogens is 588 g/mol. The largest absolute Gasteiger partial charge is 0.480 e. The summed E-state index contributed by atoms with van der Waals surface area (Å²) in [5.74, 6) is -2.65. The molecule has 0 rings (SSSR count). The highest BCUT2D eigenvalue weighted by Crippen LogP contribution is 2.04. The minimum absolute atomic E-state index is 0.0125. The van der Waals surface area contributed by atoms with Crippen LogP contribution in [-0.2, 0) is 28.8 Å². The van der Waals surface area contributed by atoms with Crippen molar-refractivity contribution >= 4 is 59.4 Å². The van der Waals surface area contributed by atoms with Gasteiger partial charge in [-0.15, -0.1) is 23.5 Å². The zero-order valence-corrected chi connectivity index (χ0v) is 24.7. The highest BCUT2D eigenvalue weighted by atomic mass is 32.2. The molecule has 0 radical (unpaired) electrons. The van der Waals surface area contributed by atoms with Crippen LogP contribution in [0.5, 0.6) is 0 Å². The number of nitrogens with two attached hydrogens (primary N) is 2. The summed E-state index contributed by atoms with van der Waals surface area (Å²) in [6.45, 7) is 0.327. The zero-order valence-electron chi connectivity index (χ0n) is 23.1. The summed E-state index contributed by atoms with van der Waals surface area (Å²) < 4.78 is 0. The Balaban J connectivity index is -0.00000344. The molecule has 13 N–H and O–H groups in total. The van der Waals surface area contributed by atoms with Gasteiger partial charge in [0.05, 0.1) is 23.7 Å². The number of nitrogens with one attached hydrogen (secondary N) is 4. The van der Waals surface area contributed by atoms with Crippen molar-refractivity contribution < 1.29 is 54.3 Å². The lowest BCUT2D eigenvalue weighted by Gasteiger charge is -2.17. The van der Waals surface area contributed by atoms with Gasteiger partial charge < -0.3 is 63.1 Å². The normalized spacial score (nSPS) is 12.9. The molecule has 240 valence electrons. The van der Waals surface area contributed by atoms with Crippen LogP contribution in [0.15, 0.2) is 0 Å². The molecule has 0 aliphatic carbocycles. The van der Waals surface area contributed by atoms with E-state index in [1.807, 2.05) is 0 Å². The third-order valence-electron chi connectivity index (χ3n) is 4.38. The molecule has 19 heteroatoms. The van der Waals surface area contributed by atoms with Crippen LogP contribution in [0.1, 0.15) is 12.8 Å². The molecule has 0 saturated heterocycles. The summed E-state index contributed by atoms with van der Waals surface area (Å²) in [6, 6.07) is -1.70. The summed E-state index contributed by atoms with van der Waals surface area (Å²) in [5.41, 5.74) is 10.7. The van der Waals surface area contributed by atoms with Crippen LogP contribution in [-0.4, -0.2) is 149 Å². The van der Waals surface area contributed by atoms with Gasteiger partial charge in [-0.1, -0.05) is 0 Å². The molecule has 17 nitrogen and oxygen atoms in total. The topological polar surface area (TPSA) is 304 Å². The number of carboxylic acid groups (broad SMARTS) is 1. The number of aliphatic hydroxyl groups excluding tert-OH is 4. The van der Waals surface area contributed by atoms with E-state index in [-0.39, 0.29) is 68.1 Å². The summed E-state index contributed by atoms with van der Waals surface area (Å²) in [4.78, 5) is 68.0. The Labute approximate surface area is 246 Å². The van der Waals surface area contributed by atoms with E-state index in [0.717, 1.165) is 26.0 Å². The molecular formula is C22H44N6O11S2. The lowest BCUT2D eigenvalue weighted by atomic mass is 10.1. The van der Waals surface area contributed by atoms with Crippen LogP contribution >= 0.6 is 23.5 Å². The van der Waals surface area contributed by atoms with Crippen molar-refractivity contribution in [1.29, 1.82) is 0 Å². The molecule has 0 aromatic rings. The van der Waals surface area contributed by atoms with Gasteiger partial charge in [0.15, 0.2) is 6.10 Å². The average molecular weight is 633 g/mol. The number of hydrogen-bond donors (Lipinski definition) is 11. The first kappa shape index (κ1) is 42.9. The van der Waals surface area contributed by atoms with E-state index in [1.165, 1.54) is 11.8 Å². The average Bonchev–Trinajstić information content (AvgIpc) is 2.97. The maximum Gasteiger partial charge on any atom is 0.321 e. The molecule has 0 bridgehead atoms. The summed E-state index contributed by atoms with van der Waals surface area (Å²) in [6.07, 6.45) is -3.03. The first-order valence-electron chi connectivity index (χ1n) is 12.2. The number of carbonyl (C=O) groups excluding carboxylic acids is 5. The van der Waals surface area contributed by atoms with Crippen molar-refractivity contribution in [2.75, 3.05) is 63.4 Å². The molecule has 4 unspecified atom stereocenters. The van der Waals surface area contributed by atoms with Crippen LogP contribution in [0.4, 0.5) is 0 Å². The van der Waals surface area contributed by atoms with Gasteiger partial charge in [-0.05, 0) is 6.42 Å². The quantitative estimate of drug-likeness (QED) is 0.0415. The van der Waals surface area contributed by atoms with Gasteiger partial charge in [0.1, 0.15) is 12.3 Å². The fourth-order valence-electron chi connectivity index (χ4n) is 2.37. The molecule has 0 aromatic carbocycles. The molecule has 0 aliphatic rings. The summed E-state index contributed by atoms with van der Waals surface area (Å²) in [7, 11) is 2.00. The third-order valence-corrected chi connectivity index (χ3v) is 6.53. The van der Waals surface area contributed by atoms with Crippen LogP contribution in [0.3, 0.4) is 0 Å². The van der Waals surface area contributed by atoms with Crippen molar-refractivity contribution in [3.8, 4) is 0 Å². The molecule has 0 aromatic heterocycles. The molecule has 4 atom stereocenters. The van der Waals surface area contributed by atoms with Crippen molar-refractivity contribution in [3.63, 3.8) is 0 Å². The van der Waals surface area contributed by atoms with Gasteiger partial charge in [-0.2, -0.15) is 0 Å². The highest BCUT2D eigenvalue weighted by molar-refractivity contribution is 8.00. The molecule has 4 amide bonds. The number of amides is 4. The monoisotopic (exact) mass is 632 g/mol. The molecule has 0 spiro atoms. The predicted molar refractivity (Wildman–Crippen MR) is 154 cm³/mol. The maximum atomic E-state index is 11.9. The van der Waals surface area contributed by atoms with Crippen LogP contribution < -0.4 is 32.7 Å². The molecule has 0 fully saturated rings. The van der Waals surface area contributed by atoms with E-state index in [2.05, 4.69) is 21.3 Å². The number of aliphatic hydroxyl groups is 4. The van der Waals surface area contributed by atoms with Gasteiger partial charge >= 0.3 is 5.97 Å². The van der Waals surface area contributed by atoms with Gasteiger partial charge in [0, 0.05) is 58.3 Å². The smallest absolute Gasteiger partial charge is 0.321 e. The Morgan fingerprint density at radius 2 is 1.20 bits per heavy atom. The zero-order chi connectivity index (χ0) is 32.2. The van der Waals surface area contributed by atoms with Gasteiger partial charge in [0.2, 0.25) is 17.7 Å².